The number of imidazole rings is 2. The highest BCUT2D eigenvalue weighted by molar-refractivity contribution is 5.66. The van der Waals surface area contributed by atoms with E-state index in [0.29, 0.717) is 35.7 Å². The Morgan fingerprint density at radius 3 is 2.57 bits per heavy atom. The van der Waals surface area contributed by atoms with E-state index < -0.39 is 29.3 Å². The summed E-state index contributed by atoms with van der Waals surface area (Å²) < 4.78 is 30.3. The van der Waals surface area contributed by atoms with Crippen LogP contribution < -0.4 is 5.32 Å². The van der Waals surface area contributed by atoms with Crippen molar-refractivity contribution in [2.24, 2.45) is 0 Å². The topological polar surface area (TPSA) is 110 Å². The number of nitrogens with one attached hydrogen (secondary N) is 3. The average Bonchev–Trinajstić information content (AvgIpc) is 3.69. The zero-order valence-corrected chi connectivity index (χ0v) is 20.1. The second kappa shape index (κ2) is 9.26. The molecule has 3 aromatic rings. The maximum absolute atomic E-state index is 16.4. The quantitative estimate of drug-likeness (QED) is 0.364. The Labute approximate surface area is 212 Å². The number of carbonyl (C=O) groups is 1. The molecule has 6 rings (SSSR count). The lowest BCUT2D eigenvalue weighted by Gasteiger charge is -2.31. The number of amides is 1. The van der Waals surface area contributed by atoms with Crippen LogP contribution in [-0.2, 0) is 5.41 Å². The fourth-order valence-electron chi connectivity index (χ4n) is 5.79. The van der Waals surface area contributed by atoms with Gasteiger partial charge >= 0.3 is 6.09 Å². The monoisotopic (exact) mass is 506 g/mol. The van der Waals surface area contributed by atoms with Gasteiger partial charge in [0, 0.05) is 12.5 Å². The first-order valence-electron chi connectivity index (χ1n) is 12.6. The van der Waals surface area contributed by atoms with Gasteiger partial charge < -0.3 is 20.4 Å². The molecule has 10 heteroatoms. The minimum absolute atomic E-state index is 0.0744. The molecule has 1 aromatic carbocycles. The number of halogens is 2. The summed E-state index contributed by atoms with van der Waals surface area (Å²) >= 11 is 0. The van der Waals surface area contributed by atoms with Gasteiger partial charge in [0.15, 0.2) is 0 Å². The van der Waals surface area contributed by atoms with Crippen molar-refractivity contribution in [1.82, 2.24) is 30.2 Å². The van der Waals surface area contributed by atoms with Crippen LogP contribution in [-0.4, -0.2) is 49.1 Å². The maximum atomic E-state index is 16.4. The number of rotatable bonds is 5. The molecular weight excluding hydrogens is 478 g/mol. The number of H-pyrrole nitrogens is 2. The van der Waals surface area contributed by atoms with Crippen LogP contribution in [0, 0.1) is 5.82 Å². The normalized spacial score (nSPS) is 27.6. The number of likely N-dealkylation sites (tertiary alicyclic amines) is 1. The second-order valence-corrected chi connectivity index (χ2v) is 9.91. The first-order chi connectivity index (χ1) is 18.0. The highest BCUT2D eigenvalue weighted by Crippen LogP contribution is 2.46. The summed E-state index contributed by atoms with van der Waals surface area (Å²) in [5.74, 6) is -0.0394. The van der Waals surface area contributed by atoms with Crippen molar-refractivity contribution in [3.63, 3.8) is 0 Å². The fraction of sp³-hybridized carbons (Fsp3) is 0.370. The van der Waals surface area contributed by atoms with Gasteiger partial charge in [-0.15, -0.1) is 0 Å². The number of benzene rings is 1. The molecule has 0 radical (unpaired) electrons. The summed E-state index contributed by atoms with van der Waals surface area (Å²) in [7, 11) is 0. The molecule has 1 amide bonds. The minimum atomic E-state index is -1.36. The summed E-state index contributed by atoms with van der Waals surface area (Å²) in [4.78, 5) is 28.7. The van der Waals surface area contributed by atoms with E-state index in [-0.39, 0.29) is 11.9 Å². The van der Waals surface area contributed by atoms with Crippen molar-refractivity contribution >= 4 is 6.09 Å². The number of nitrogens with zero attached hydrogens (tertiary/aromatic N) is 3. The number of aromatic nitrogens is 4. The van der Waals surface area contributed by atoms with Crippen LogP contribution in [0.1, 0.15) is 72.3 Å². The third-order valence-electron chi connectivity index (χ3n) is 7.73. The van der Waals surface area contributed by atoms with Crippen molar-refractivity contribution in [3.05, 3.63) is 95.1 Å². The molecule has 2 saturated heterocycles. The van der Waals surface area contributed by atoms with Crippen LogP contribution in [0.4, 0.5) is 13.6 Å². The second-order valence-electron chi connectivity index (χ2n) is 9.91. The molecule has 37 heavy (non-hydrogen) atoms. The molecule has 3 aliphatic rings. The molecular formula is C27H28F2N6O2. The summed E-state index contributed by atoms with van der Waals surface area (Å²) in [6.45, 7) is 1.34. The highest BCUT2D eigenvalue weighted by Gasteiger charge is 2.44. The summed E-state index contributed by atoms with van der Waals surface area (Å²) in [6, 6.07) is 5.80. The Hall–Kier alpha value is -3.79. The molecule has 0 bridgehead atoms. The van der Waals surface area contributed by atoms with Gasteiger partial charge in [0.25, 0.3) is 0 Å². The molecule has 1 aliphatic carbocycles. The molecule has 4 heterocycles. The number of allylic oxidation sites excluding steroid dienone is 4. The standard InChI is InChI=1S/C27H28F2N6O2/c28-18-5-1-4-16(12-18)17-8-9-27(21(29)13-17,22-14-31-24(33-22)19-6-2-10-30-19)23-15-32-25(34-23)20-7-3-11-35(20)26(36)37/h1,4-5,8-9,12-15,17,19-20,30H,2-3,6-7,10-11H2,(H,31,33)(H,32,34)(H,36,37)/t17?,19-,20-,27?/m0/s1. The van der Waals surface area contributed by atoms with E-state index in [2.05, 4.69) is 25.3 Å². The van der Waals surface area contributed by atoms with E-state index in [0.717, 1.165) is 31.6 Å². The predicted molar refractivity (Wildman–Crippen MR) is 132 cm³/mol. The lowest BCUT2D eigenvalue weighted by Crippen LogP contribution is -2.31. The van der Waals surface area contributed by atoms with Crippen molar-refractivity contribution in [3.8, 4) is 0 Å². The van der Waals surface area contributed by atoms with E-state index in [1.807, 2.05) is 6.08 Å². The molecule has 2 aromatic heterocycles. The Morgan fingerprint density at radius 1 is 1.08 bits per heavy atom. The lowest BCUT2D eigenvalue weighted by atomic mass is 9.74. The van der Waals surface area contributed by atoms with Crippen LogP contribution >= 0.6 is 0 Å². The summed E-state index contributed by atoms with van der Waals surface area (Å²) in [5.41, 5.74) is 0.299. The third-order valence-corrected chi connectivity index (χ3v) is 7.73. The van der Waals surface area contributed by atoms with Gasteiger partial charge in [0.1, 0.15) is 28.7 Å². The Morgan fingerprint density at radius 2 is 1.86 bits per heavy atom. The van der Waals surface area contributed by atoms with Crippen LogP contribution in [0.25, 0.3) is 0 Å². The number of hydrogen-bond donors (Lipinski definition) is 4. The Kier molecular flexibility index (Phi) is 5.91. The van der Waals surface area contributed by atoms with Crippen molar-refractivity contribution < 1.29 is 18.7 Å². The largest absolute Gasteiger partial charge is 0.465 e. The summed E-state index contributed by atoms with van der Waals surface area (Å²) in [6.07, 6.45) is 10.7. The number of hydrogen-bond acceptors (Lipinski definition) is 4. The van der Waals surface area contributed by atoms with Crippen LogP contribution in [0.5, 0.6) is 0 Å². The Balaban J connectivity index is 1.42. The van der Waals surface area contributed by atoms with Crippen LogP contribution in [0.3, 0.4) is 0 Å². The third kappa shape index (κ3) is 4.05. The minimum Gasteiger partial charge on any atom is -0.465 e. The zero-order chi connectivity index (χ0) is 25.6. The molecule has 2 fully saturated rings. The predicted octanol–water partition coefficient (Wildman–Crippen LogP) is 5.00. The van der Waals surface area contributed by atoms with Crippen molar-refractivity contribution in [2.75, 3.05) is 13.1 Å². The van der Waals surface area contributed by atoms with Gasteiger partial charge in [-0.25, -0.2) is 23.5 Å². The molecule has 0 spiro atoms. The van der Waals surface area contributed by atoms with Crippen molar-refractivity contribution in [2.45, 2.75) is 49.1 Å². The highest BCUT2D eigenvalue weighted by atomic mass is 19.1. The summed E-state index contributed by atoms with van der Waals surface area (Å²) in [5, 5.41) is 13.0. The molecule has 8 nitrogen and oxygen atoms in total. The number of aromatic amines is 2. The lowest BCUT2D eigenvalue weighted by molar-refractivity contribution is 0.138. The van der Waals surface area contributed by atoms with Crippen molar-refractivity contribution in [1.29, 1.82) is 0 Å². The van der Waals surface area contributed by atoms with Gasteiger partial charge in [0.05, 0.1) is 35.9 Å². The van der Waals surface area contributed by atoms with Gasteiger partial charge in [-0.1, -0.05) is 24.3 Å². The smallest absolute Gasteiger partial charge is 0.407 e. The van der Waals surface area contributed by atoms with Gasteiger partial charge in [-0.05, 0) is 56.0 Å². The fourth-order valence-corrected chi connectivity index (χ4v) is 5.79. The van der Waals surface area contributed by atoms with E-state index >= 15 is 4.39 Å². The molecule has 4 atom stereocenters. The molecule has 192 valence electrons. The first kappa shape index (κ1) is 23.6. The van der Waals surface area contributed by atoms with Gasteiger partial charge in [0.2, 0.25) is 0 Å². The van der Waals surface area contributed by atoms with Gasteiger partial charge in [-0.3, -0.25) is 4.90 Å². The average molecular weight is 507 g/mol. The maximum Gasteiger partial charge on any atom is 0.407 e. The SMILES string of the molecule is O=C(O)N1CCC[C@H]1c1ncc(C2(c3cnc([C@@H]4CCCN4)[nH]3)C=CC(c3cccc(F)c3)C=C2F)[nH]1. The van der Waals surface area contributed by atoms with E-state index in [9.17, 15) is 14.3 Å². The zero-order valence-electron chi connectivity index (χ0n) is 20.1. The van der Waals surface area contributed by atoms with E-state index in [4.69, 9.17) is 0 Å². The number of carboxylic acid groups (broad SMARTS) is 1. The first-order valence-corrected chi connectivity index (χ1v) is 12.6. The Bertz CT molecular complexity index is 1370. The molecule has 4 N–H and O–H groups in total. The van der Waals surface area contributed by atoms with E-state index in [1.165, 1.54) is 23.1 Å². The van der Waals surface area contributed by atoms with Crippen LogP contribution in [0.2, 0.25) is 0 Å². The van der Waals surface area contributed by atoms with Crippen LogP contribution in [0.15, 0.2) is 60.7 Å². The molecule has 0 saturated carbocycles. The van der Waals surface area contributed by atoms with E-state index in [1.54, 1.807) is 30.6 Å². The molecule has 2 unspecified atom stereocenters. The molecule has 2 aliphatic heterocycles. The van der Waals surface area contributed by atoms with Gasteiger partial charge in [-0.2, -0.15) is 0 Å².